The van der Waals surface area contributed by atoms with Crippen molar-refractivity contribution in [2.24, 2.45) is 4.99 Å². The predicted molar refractivity (Wildman–Crippen MR) is 115 cm³/mol. The Balaban J connectivity index is 1.60. The number of para-hydroxylation sites is 2. The first-order chi connectivity index (χ1) is 13.7. The van der Waals surface area contributed by atoms with Crippen LogP contribution in [0.1, 0.15) is 25.2 Å². The normalized spacial score (nSPS) is 11.6. The standard InChI is InChI=1S/C22H29N5O/c1-4-23-22(27(3)16-17-10-12-18(13-11-17)28-5-2)24-15-14-21-25-19-8-6-7-9-20(19)26-21/h6-13H,4-5,14-16H2,1-3H3,(H,23,24)(H,25,26). The fourth-order valence-corrected chi connectivity index (χ4v) is 3.07. The molecule has 0 aliphatic heterocycles. The first kappa shape index (κ1) is 19.7. The number of aliphatic imine (C=N–C) groups is 1. The Bertz CT molecular complexity index is 868. The smallest absolute Gasteiger partial charge is 0.193 e. The average Bonchev–Trinajstić information content (AvgIpc) is 3.12. The maximum absolute atomic E-state index is 5.51. The summed E-state index contributed by atoms with van der Waals surface area (Å²) in [7, 11) is 2.05. The molecule has 0 spiro atoms. The van der Waals surface area contributed by atoms with Crippen LogP contribution in [-0.4, -0.2) is 47.6 Å². The Kier molecular flexibility index (Phi) is 6.89. The van der Waals surface area contributed by atoms with Gasteiger partial charge in [-0.3, -0.25) is 4.99 Å². The van der Waals surface area contributed by atoms with Crippen LogP contribution in [0.15, 0.2) is 53.5 Å². The van der Waals surface area contributed by atoms with Gasteiger partial charge in [0.05, 0.1) is 17.6 Å². The number of guanidine groups is 1. The number of fused-ring (bicyclic) bond motifs is 1. The molecule has 0 bridgehead atoms. The Labute approximate surface area is 166 Å². The minimum absolute atomic E-state index is 0.676. The summed E-state index contributed by atoms with van der Waals surface area (Å²) in [6.07, 6.45) is 0.778. The number of benzene rings is 2. The van der Waals surface area contributed by atoms with Crippen LogP contribution in [0.25, 0.3) is 11.0 Å². The van der Waals surface area contributed by atoms with Crippen LogP contribution < -0.4 is 10.1 Å². The third-order valence-electron chi connectivity index (χ3n) is 4.40. The molecule has 0 unspecified atom stereocenters. The molecule has 28 heavy (non-hydrogen) atoms. The summed E-state index contributed by atoms with van der Waals surface area (Å²) in [5.41, 5.74) is 3.29. The summed E-state index contributed by atoms with van der Waals surface area (Å²) >= 11 is 0. The number of nitrogens with one attached hydrogen (secondary N) is 2. The molecule has 6 heteroatoms. The number of nitrogens with zero attached hydrogens (tertiary/aromatic N) is 3. The van der Waals surface area contributed by atoms with Crippen LogP contribution in [0.3, 0.4) is 0 Å². The van der Waals surface area contributed by atoms with Crippen molar-refractivity contribution in [3.05, 3.63) is 59.9 Å². The lowest BCUT2D eigenvalue weighted by Gasteiger charge is -2.22. The molecule has 0 amide bonds. The summed E-state index contributed by atoms with van der Waals surface area (Å²) in [6, 6.07) is 16.3. The number of rotatable bonds is 8. The molecule has 0 aliphatic carbocycles. The van der Waals surface area contributed by atoms with Crippen molar-refractivity contribution in [2.45, 2.75) is 26.8 Å². The van der Waals surface area contributed by atoms with E-state index in [-0.39, 0.29) is 0 Å². The fraction of sp³-hybridized carbons (Fsp3) is 0.364. The lowest BCUT2D eigenvalue weighted by atomic mass is 10.2. The average molecular weight is 380 g/mol. The van der Waals surface area contributed by atoms with Gasteiger partial charge >= 0.3 is 0 Å². The van der Waals surface area contributed by atoms with Crippen LogP contribution >= 0.6 is 0 Å². The van der Waals surface area contributed by atoms with Gasteiger partial charge in [-0.05, 0) is 43.7 Å². The number of H-pyrrole nitrogens is 1. The molecule has 0 atom stereocenters. The molecule has 0 saturated carbocycles. The van der Waals surface area contributed by atoms with Gasteiger partial charge in [0, 0.05) is 33.1 Å². The molecule has 0 fully saturated rings. The van der Waals surface area contributed by atoms with E-state index < -0.39 is 0 Å². The van der Waals surface area contributed by atoms with Crippen molar-refractivity contribution in [2.75, 3.05) is 26.7 Å². The largest absolute Gasteiger partial charge is 0.494 e. The quantitative estimate of drug-likeness (QED) is 0.464. The topological polar surface area (TPSA) is 65.5 Å². The highest BCUT2D eigenvalue weighted by atomic mass is 16.5. The minimum atomic E-state index is 0.676. The number of aromatic amines is 1. The summed E-state index contributed by atoms with van der Waals surface area (Å²) in [6.45, 7) is 7.04. The molecular formula is C22H29N5O. The summed E-state index contributed by atoms with van der Waals surface area (Å²) in [5, 5.41) is 3.37. The number of ether oxygens (including phenoxy) is 1. The zero-order chi connectivity index (χ0) is 19.8. The molecule has 6 nitrogen and oxygen atoms in total. The number of imidazole rings is 1. The molecule has 148 valence electrons. The molecule has 3 aromatic rings. The highest BCUT2D eigenvalue weighted by Gasteiger charge is 2.07. The monoisotopic (exact) mass is 379 g/mol. The van der Waals surface area contributed by atoms with Gasteiger partial charge in [0.25, 0.3) is 0 Å². The Morgan fingerprint density at radius 2 is 1.93 bits per heavy atom. The predicted octanol–water partition coefficient (Wildman–Crippen LogP) is 3.60. The molecule has 0 radical (unpaired) electrons. The molecule has 2 aromatic carbocycles. The maximum Gasteiger partial charge on any atom is 0.193 e. The van der Waals surface area contributed by atoms with Crippen molar-refractivity contribution in [1.29, 1.82) is 0 Å². The van der Waals surface area contributed by atoms with E-state index in [1.54, 1.807) is 0 Å². The second-order valence-corrected chi connectivity index (χ2v) is 6.62. The Morgan fingerprint density at radius 1 is 1.14 bits per heavy atom. The van der Waals surface area contributed by atoms with Crippen molar-refractivity contribution < 1.29 is 4.74 Å². The third-order valence-corrected chi connectivity index (χ3v) is 4.40. The van der Waals surface area contributed by atoms with E-state index in [2.05, 4.69) is 46.3 Å². The number of hydrogen-bond acceptors (Lipinski definition) is 3. The maximum atomic E-state index is 5.51. The van der Waals surface area contributed by atoms with E-state index in [0.29, 0.717) is 13.2 Å². The van der Waals surface area contributed by atoms with E-state index >= 15 is 0 Å². The number of aromatic nitrogens is 2. The van der Waals surface area contributed by atoms with Gasteiger partial charge < -0.3 is 19.9 Å². The van der Waals surface area contributed by atoms with Crippen LogP contribution in [0.5, 0.6) is 5.75 Å². The molecule has 3 rings (SSSR count). The van der Waals surface area contributed by atoms with Gasteiger partial charge in [0.2, 0.25) is 0 Å². The van der Waals surface area contributed by atoms with Gasteiger partial charge in [-0.1, -0.05) is 24.3 Å². The van der Waals surface area contributed by atoms with Gasteiger partial charge in [0.15, 0.2) is 5.96 Å². The second-order valence-electron chi connectivity index (χ2n) is 6.62. The molecular weight excluding hydrogens is 350 g/mol. The highest BCUT2D eigenvalue weighted by molar-refractivity contribution is 5.79. The zero-order valence-corrected chi connectivity index (χ0v) is 16.9. The van der Waals surface area contributed by atoms with E-state index in [4.69, 9.17) is 9.73 Å². The Hall–Kier alpha value is -3.02. The fourth-order valence-electron chi connectivity index (χ4n) is 3.07. The van der Waals surface area contributed by atoms with E-state index in [1.807, 2.05) is 43.3 Å². The van der Waals surface area contributed by atoms with E-state index in [9.17, 15) is 0 Å². The SMILES string of the molecule is CCNC(=NCCc1nc2ccccc2[nH]1)N(C)Cc1ccc(OCC)cc1. The first-order valence-electron chi connectivity index (χ1n) is 9.84. The van der Waals surface area contributed by atoms with Gasteiger partial charge in [-0.15, -0.1) is 0 Å². The van der Waals surface area contributed by atoms with E-state index in [0.717, 1.165) is 48.1 Å². The summed E-state index contributed by atoms with van der Waals surface area (Å²) in [4.78, 5) is 14.9. The number of hydrogen-bond donors (Lipinski definition) is 2. The molecule has 1 heterocycles. The van der Waals surface area contributed by atoms with Crippen molar-refractivity contribution in [1.82, 2.24) is 20.2 Å². The second kappa shape index (κ2) is 9.78. The van der Waals surface area contributed by atoms with Crippen molar-refractivity contribution in [3.63, 3.8) is 0 Å². The van der Waals surface area contributed by atoms with Crippen LogP contribution in [0.4, 0.5) is 0 Å². The van der Waals surface area contributed by atoms with Crippen LogP contribution in [-0.2, 0) is 13.0 Å². The van der Waals surface area contributed by atoms with Crippen LogP contribution in [0.2, 0.25) is 0 Å². The first-order valence-corrected chi connectivity index (χ1v) is 9.84. The molecule has 0 saturated heterocycles. The van der Waals surface area contributed by atoms with E-state index in [1.165, 1.54) is 5.56 Å². The van der Waals surface area contributed by atoms with Crippen molar-refractivity contribution >= 4 is 17.0 Å². The molecule has 1 aromatic heterocycles. The lowest BCUT2D eigenvalue weighted by molar-refractivity contribution is 0.340. The third kappa shape index (κ3) is 5.25. The van der Waals surface area contributed by atoms with Crippen molar-refractivity contribution in [3.8, 4) is 5.75 Å². The lowest BCUT2D eigenvalue weighted by Crippen LogP contribution is -2.38. The summed E-state index contributed by atoms with van der Waals surface area (Å²) < 4.78 is 5.51. The molecule has 0 aliphatic rings. The van der Waals surface area contributed by atoms with Gasteiger partial charge in [-0.25, -0.2) is 4.98 Å². The van der Waals surface area contributed by atoms with Gasteiger partial charge in [-0.2, -0.15) is 0 Å². The Morgan fingerprint density at radius 3 is 2.64 bits per heavy atom. The molecule has 2 N–H and O–H groups in total. The highest BCUT2D eigenvalue weighted by Crippen LogP contribution is 2.13. The van der Waals surface area contributed by atoms with Gasteiger partial charge in [0.1, 0.15) is 11.6 Å². The minimum Gasteiger partial charge on any atom is -0.494 e. The summed E-state index contributed by atoms with van der Waals surface area (Å²) in [5.74, 6) is 2.77. The zero-order valence-electron chi connectivity index (χ0n) is 16.9. The van der Waals surface area contributed by atoms with Crippen LogP contribution in [0, 0.1) is 0 Å².